The molecule has 0 spiro atoms. The molecule has 4 heteroatoms. The van der Waals surface area contributed by atoms with Gasteiger partial charge in [-0.05, 0) is 25.1 Å². The molecule has 1 heterocycles. The quantitative estimate of drug-likeness (QED) is 0.440. The summed E-state index contributed by atoms with van der Waals surface area (Å²) in [5.41, 5.74) is 0. The normalized spacial score (nSPS) is 9.85. The van der Waals surface area contributed by atoms with E-state index in [1.807, 2.05) is 24.4 Å². The zero-order valence-electron chi connectivity index (χ0n) is 7.07. The number of aryl methyl sites for hydroxylation is 1. The minimum Gasteiger partial charge on any atom is -0.269 e. The van der Waals surface area contributed by atoms with Crippen molar-refractivity contribution in [3.05, 3.63) is 28.0 Å². The van der Waals surface area contributed by atoms with E-state index in [1.54, 1.807) is 23.6 Å². The highest BCUT2D eigenvalue weighted by atomic mass is 32.1. The Hall–Kier alpha value is -1.60. The Kier molecular flexibility index (Phi) is 3.23. The van der Waals surface area contributed by atoms with Crippen molar-refractivity contribution in [1.82, 2.24) is 5.32 Å². The van der Waals surface area contributed by atoms with Gasteiger partial charge in [-0.15, -0.1) is 11.3 Å². The Morgan fingerprint density at radius 1 is 1.69 bits per heavy atom. The Labute approximate surface area is 80.3 Å². The molecule has 1 aromatic heterocycles. The Morgan fingerprint density at radius 3 is 3.00 bits per heavy atom. The zero-order valence-corrected chi connectivity index (χ0v) is 7.89. The third-order valence-corrected chi connectivity index (χ3v) is 2.31. The van der Waals surface area contributed by atoms with Crippen LogP contribution in [0.3, 0.4) is 0 Å². The molecule has 1 aromatic rings. The summed E-state index contributed by atoms with van der Waals surface area (Å²) >= 11 is 1.60. The average molecular weight is 192 g/mol. The molecule has 0 atom stereocenters. The van der Waals surface area contributed by atoms with Crippen LogP contribution < -0.4 is 5.32 Å². The number of hydrogen-bond donors (Lipinski definition) is 1. The summed E-state index contributed by atoms with van der Waals surface area (Å²) in [5.74, 6) is -0.395. The van der Waals surface area contributed by atoms with E-state index in [0.717, 1.165) is 4.88 Å². The number of rotatable bonds is 2. The summed E-state index contributed by atoms with van der Waals surface area (Å²) in [6.45, 7) is 2.00. The van der Waals surface area contributed by atoms with Crippen LogP contribution in [-0.2, 0) is 4.79 Å². The number of thiophene rings is 1. The number of amides is 1. The van der Waals surface area contributed by atoms with Crippen molar-refractivity contribution in [3.63, 3.8) is 0 Å². The molecule has 66 valence electrons. The van der Waals surface area contributed by atoms with Crippen LogP contribution in [-0.4, -0.2) is 5.91 Å². The Bertz CT molecular complexity index is 373. The van der Waals surface area contributed by atoms with Crippen molar-refractivity contribution >= 4 is 23.3 Å². The molecule has 13 heavy (non-hydrogen) atoms. The van der Waals surface area contributed by atoms with Crippen LogP contribution in [0.25, 0.3) is 6.08 Å². The molecule has 0 radical (unpaired) electrons. The predicted octanol–water partition coefficient (Wildman–Crippen LogP) is 1.67. The van der Waals surface area contributed by atoms with Gasteiger partial charge in [-0.2, -0.15) is 5.26 Å². The summed E-state index contributed by atoms with van der Waals surface area (Å²) in [4.78, 5) is 13.0. The Balaban J connectivity index is 2.59. The highest BCUT2D eigenvalue weighted by Crippen LogP contribution is 2.15. The van der Waals surface area contributed by atoms with E-state index >= 15 is 0 Å². The standard InChI is InChI=1S/C9H8N2OS/c1-7-2-3-8(13-7)4-5-9(12)11-6-10/h2-5H,1H3,(H,11,12). The highest BCUT2D eigenvalue weighted by molar-refractivity contribution is 7.12. The molecule has 0 saturated heterocycles. The first-order valence-corrected chi connectivity index (χ1v) is 4.47. The first-order chi connectivity index (χ1) is 6.22. The third-order valence-electron chi connectivity index (χ3n) is 1.34. The largest absolute Gasteiger partial charge is 0.269 e. The lowest BCUT2D eigenvalue weighted by molar-refractivity contribution is -0.115. The minimum atomic E-state index is -0.395. The van der Waals surface area contributed by atoms with E-state index in [-0.39, 0.29) is 0 Å². The van der Waals surface area contributed by atoms with E-state index in [1.165, 1.54) is 11.0 Å². The SMILES string of the molecule is Cc1ccc(C=CC(=O)NC#N)s1. The zero-order chi connectivity index (χ0) is 9.68. The van der Waals surface area contributed by atoms with Crippen LogP contribution in [0.1, 0.15) is 9.75 Å². The van der Waals surface area contributed by atoms with Crippen LogP contribution in [0.4, 0.5) is 0 Å². The molecule has 0 unspecified atom stereocenters. The Morgan fingerprint density at radius 2 is 2.46 bits per heavy atom. The van der Waals surface area contributed by atoms with Gasteiger partial charge in [-0.25, -0.2) is 0 Å². The van der Waals surface area contributed by atoms with Gasteiger partial charge in [0.15, 0.2) is 6.19 Å². The molecular weight excluding hydrogens is 184 g/mol. The molecule has 1 rings (SSSR count). The van der Waals surface area contributed by atoms with Crippen LogP contribution in [0.5, 0.6) is 0 Å². The summed E-state index contributed by atoms with van der Waals surface area (Å²) < 4.78 is 0. The molecule has 0 fully saturated rings. The van der Waals surface area contributed by atoms with E-state index in [0.29, 0.717) is 0 Å². The van der Waals surface area contributed by atoms with E-state index in [9.17, 15) is 4.79 Å². The van der Waals surface area contributed by atoms with Crippen molar-refractivity contribution in [1.29, 1.82) is 5.26 Å². The molecular formula is C9H8N2OS. The summed E-state index contributed by atoms with van der Waals surface area (Å²) in [6.07, 6.45) is 4.59. The van der Waals surface area contributed by atoms with Gasteiger partial charge in [0.1, 0.15) is 0 Å². The van der Waals surface area contributed by atoms with Gasteiger partial charge in [0.2, 0.25) is 0 Å². The van der Waals surface area contributed by atoms with Crippen molar-refractivity contribution in [3.8, 4) is 6.19 Å². The summed E-state index contributed by atoms with van der Waals surface area (Å²) in [5, 5.41) is 10.1. The van der Waals surface area contributed by atoms with E-state index in [4.69, 9.17) is 5.26 Å². The number of hydrogen-bond acceptors (Lipinski definition) is 3. The third kappa shape index (κ3) is 3.09. The van der Waals surface area contributed by atoms with Gasteiger partial charge < -0.3 is 0 Å². The molecule has 0 aliphatic carbocycles. The number of nitrogens with zero attached hydrogens (tertiary/aromatic N) is 1. The molecule has 1 amide bonds. The smallest absolute Gasteiger partial charge is 0.257 e. The molecule has 1 N–H and O–H groups in total. The van der Waals surface area contributed by atoms with Crippen molar-refractivity contribution in [2.45, 2.75) is 6.92 Å². The second-order valence-electron chi connectivity index (χ2n) is 2.38. The van der Waals surface area contributed by atoms with E-state index < -0.39 is 5.91 Å². The summed E-state index contributed by atoms with van der Waals surface area (Å²) in [6, 6.07) is 3.91. The minimum absolute atomic E-state index is 0.395. The molecule has 3 nitrogen and oxygen atoms in total. The van der Waals surface area contributed by atoms with Crippen LogP contribution in [0, 0.1) is 18.4 Å². The van der Waals surface area contributed by atoms with Crippen molar-refractivity contribution in [2.75, 3.05) is 0 Å². The summed E-state index contributed by atoms with van der Waals surface area (Å²) in [7, 11) is 0. The van der Waals surface area contributed by atoms with Crippen LogP contribution >= 0.6 is 11.3 Å². The van der Waals surface area contributed by atoms with Gasteiger partial charge in [0.05, 0.1) is 0 Å². The second-order valence-corrected chi connectivity index (χ2v) is 3.70. The molecule has 0 bridgehead atoms. The van der Waals surface area contributed by atoms with Crippen LogP contribution in [0.15, 0.2) is 18.2 Å². The van der Waals surface area contributed by atoms with Gasteiger partial charge >= 0.3 is 0 Å². The lowest BCUT2D eigenvalue weighted by Gasteiger charge is -1.85. The first-order valence-electron chi connectivity index (χ1n) is 3.66. The first kappa shape index (κ1) is 9.49. The average Bonchev–Trinajstić information content (AvgIpc) is 2.49. The van der Waals surface area contributed by atoms with Crippen molar-refractivity contribution in [2.24, 2.45) is 0 Å². The maximum absolute atomic E-state index is 10.8. The lowest BCUT2D eigenvalue weighted by atomic mass is 10.4. The van der Waals surface area contributed by atoms with Gasteiger partial charge in [-0.3, -0.25) is 10.1 Å². The maximum Gasteiger partial charge on any atom is 0.257 e. The number of carbonyl (C=O) groups excluding carboxylic acids is 1. The predicted molar refractivity (Wildman–Crippen MR) is 51.8 cm³/mol. The fourth-order valence-electron chi connectivity index (χ4n) is 0.798. The van der Waals surface area contributed by atoms with Gasteiger partial charge in [-0.1, -0.05) is 0 Å². The van der Waals surface area contributed by atoms with Crippen LogP contribution in [0.2, 0.25) is 0 Å². The topological polar surface area (TPSA) is 52.9 Å². The van der Waals surface area contributed by atoms with Gasteiger partial charge in [0, 0.05) is 15.8 Å². The van der Waals surface area contributed by atoms with E-state index in [2.05, 4.69) is 0 Å². The fraction of sp³-hybridized carbons (Fsp3) is 0.111. The fourth-order valence-corrected chi connectivity index (χ4v) is 1.58. The number of carbonyl (C=O) groups is 1. The molecule has 0 aliphatic rings. The van der Waals surface area contributed by atoms with Crippen molar-refractivity contribution < 1.29 is 4.79 Å². The number of nitrogens with one attached hydrogen (secondary N) is 1. The molecule has 0 aliphatic heterocycles. The number of nitriles is 1. The molecule has 0 aromatic carbocycles. The molecule has 0 saturated carbocycles. The maximum atomic E-state index is 10.8. The van der Waals surface area contributed by atoms with Gasteiger partial charge in [0.25, 0.3) is 5.91 Å². The monoisotopic (exact) mass is 192 g/mol. The highest BCUT2D eigenvalue weighted by Gasteiger charge is 1.94. The lowest BCUT2D eigenvalue weighted by Crippen LogP contribution is -2.13. The second kappa shape index (κ2) is 4.43.